The molecule has 0 aromatic carbocycles. The van der Waals surface area contributed by atoms with Gasteiger partial charge in [0.2, 0.25) is 0 Å². The van der Waals surface area contributed by atoms with Gasteiger partial charge in [-0.25, -0.2) is 4.79 Å². The lowest BCUT2D eigenvalue weighted by Gasteiger charge is -2.27. The number of nitrogens with one attached hydrogen (secondary N) is 2. The zero-order valence-electron chi connectivity index (χ0n) is 22.9. The van der Waals surface area contributed by atoms with E-state index < -0.39 is 35.4 Å². The van der Waals surface area contributed by atoms with E-state index in [0.717, 1.165) is 65.7 Å². The van der Waals surface area contributed by atoms with Gasteiger partial charge >= 0.3 is 12.1 Å². The molecule has 0 radical (unpaired) electrons. The van der Waals surface area contributed by atoms with Crippen molar-refractivity contribution in [1.82, 2.24) is 20.5 Å². The Hall–Kier alpha value is -2.56. The number of pyridine rings is 1. The third-order valence-corrected chi connectivity index (χ3v) is 8.26. The normalized spacial score (nSPS) is 18.0. The van der Waals surface area contributed by atoms with Gasteiger partial charge < -0.3 is 25.4 Å². The highest BCUT2D eigenvalue weighted by atomic mass is 31.1. The van der Waals surface area contributed by atoms with Gasteiger partial charge in [0.05, 0.1) is 19.3 Å². The fraction of sp³-hybridized carbons (Fsp3) is 0.593. The van der Waals surface area contributed by atoms with Crippen molar-refractivity contribution in [2.45, 2.75) is 56.4 Å². The van der Waals surface area contributed by atoms with Crippen LogP contribution in [0.4, 0.5) is 17.6 Å². The number of hydrogen-bond donors (Lipinski definition) is 3. The molecule has 0 aliphatic carbocycles. The Bertz CT molecular complexity index is 1020. The fourth-order valence-corrected chi connectivity index (χ4v) is 6.07. The molecule has 2 aliphatic heterocycles. The topological polar surface area (TPSA) is 104 Å². The number of carbonyl (C=O) groups is 2. The first-order valence-electron chi connectivity index (χ1n) is 13.3. The molecular weight excluding hydrogens is 551 g/mol. The largest absolute Gasteiger partial charge is 0.480 e. The Morgan fingerprint density at radius 1 is 1.27 bits per heavy atom. The number of methoxy groups -OCH3 is 1. The summed E-state index contributed by atoms with van der Waals surface area (Å²) in [6.45, 7) is 3.17. The average molecular weight is 591 g/mol. The van der Waals surface area contributed by atoms with Crippen molar-refractivity contribution in [2.75, 3.05) is 47.1 Å². The quantitative estimate of drug-likeness (QED) is 0.166. The zero-order chi connectivity index (χ0) is 29.5. The van der Waals surface area contributed by atoms with E-state index in [1.54, 1.807) is 7.11 Å². The van der Waals surface area contributed by atoms with E-state index in [2.05, 4.69) is 32.7 Å². The molecule has 3 unspecified atom stereocenters. The summed E-state index contributed by atoms with van der Waals surface area (Å²) in [5.41, 5.74) is 1.33. The van der Waals surface area contributed by atoms with Crippen LogP contribution in [-0.4, -0.2) is 85.6 Å². The van der Waals surface area contributed by atoms with Crippen molar-refractivity contribution in [1.29, 1.82) is 0 Å². The van der Waals surface area contributed by atoms with Crippen LogP contribution in [0.2, 0.25) is 0 Å². The fourth-order valence-electron chi connectivity index (χ4n) is 4.54. The number of ether oxygens (including phenoxy) is 1. The molecule has 224 valence electrons. The number of carbonyl (C=O) groups excluding carboxylic acids is 1. The second-order valence-corrected chi connectivity index (χ2v) is 11.0. The number of carboxylic acids is 1. The number of hydrogen-bond acceptors (Lipinski definition) is 6. The van der Waals surface area contributed by atoms with Gasteiger partial charge in [-0.1, -0.05) is 27.2 Å². The Balaban J connectivity index is 0.00000274. The van der Waals surface area contributed by atoms with E-state index in [1.165, 1.54) is 17.4 Å². The predicted molar refractivity (Wildman–Crippen MR) is 147 cm³/mol. The minimum Gasteiger partial charge on any atom is -0.480 e. The maximum Gasteiger partial charge on any atom is 0.418 e. The summed E-state index contributed by atoms with van der Waals surface area (Å²) in [6, 6.07) is 0.471. The summed E-state index contributed by atoms with van der Waals surface area (Å²) in [5, 5.41) is 15.4. The molecule has 3 rings (SSSR count). The van der Waals surface area contributed by atoms with Crippen LogP contribution in [0.15, 0.2) is 41.5 Å². The number of alkyl halides is 4. The zero-order valence-corrected chi connectivity index (χ0v) is 23.9. The lowest BCUT2D eigenvalue weighted by Crippen LogP contribution is -2.44. The molecule has 0 saturated heterocycles. The molecule has 1 aromatic heterocycles. The molecule has 3 atom stereocenters. The highest BCUT2D eigenvalue weighted by molar-refractivity contribution is 7.44. The van der Waals surface area contributed by atoms with Crippen LogP contribution >= 0.6 is 8.58 Å². The Morgan fingerprint density at radius 2 is 2.05 bits per heavy atom. The Labute approximate surface area is 234 Å². The first-order valence-corrected chi connectivity index (χ1v) is 14.3. The van der Waals surface area contributed by atoms with E-state index in [9.17, 15) is 32.3 Å². The number of nitrogens with zero attached hydrogens (tertiary/aromatic N) is 2. The maximum absolute atomic E-state index is 13.3. The molecule has 0 bridgehead atoms. The van der Waals surface area contributed by atoms with Crippen molar-refractivity contribution < 1.29 is 37.0 Å². The van der Waals surface area contributed by atoms with E-state index in [0.29, 0.717) is 32.5 Å². The first-order chi connectivity index (χ1) is 19.2. The van der Waals surface area contributed by atoms with Crippen molar-refractivity contribution in [2.24, 2.45) is 0 Å². The summed E-state index contributed by atoms with van der Waals surface area (Å²) < 4.78 is 54.4. The van der Waals surface area contributed by atoms with Gasteiger partial charge in [-0.2, -0.15) is 13.2 Å². The Kier molecular flexibility index (Phi) is 14.5. The summed E-state index contributed by atoms with van der Waals surface area (Å²) in [5.74, 6) is -2.48. The number of carboxylic acid groups (broad SMARTS) is 1. The summed E-state index contributed by atoms with van der Waals surface area (Å²) in [7, 11) is 2.86. The van der Waals surface area contributed by atoms with Crippen LogP contribution in [0.3, 0.4) is 0 Å². The minimum absolute atomic E-state index is 0.0360. The van der Waals surface area contributed by atoms with E-state index in [-0.39, 0.29) is 6.42 Å². The lowest BCUT2D eigenvalue weighted by atomic mass is 10.1. The van der Waals surface area contributed by atoms with Gasteiger partial charge in [-0.15, -0.1) is 0 Å². The number of allylic oxidation sites excluding steroid dienone is 3. The number of aliphatic carboxylic acids is 1. The van der Waals surface area contributed by atoms with Crippen LogP contribution in [0, 0.1) is 0 Å². The maximum atomic E-state index is 13.3. The van der Waals surface area contributed by atoms with E-state index >= 15 is 0 Å². The summed E-state index contributed by atoms with van der Waals surface area (Å²) in [4.78, 5) is 29.9. The molecule has 40 heavy (non-hydrogen) atoms. The van der Waals surface area contributed by atoms with Crippen molar-refractivity contribution in [3.8, 4) is 0 Å². The van der Waals surface area contributed by atoms with Crippen molar-refractivity contribution in [3.63, 3.8) is 0 Å². The van der Waals surface area contributed by atoms with Gasteiger partial charge in [-0.05, 0) is 56.4 Å². The molecule has 1 aromatic rings. The van der Waals surface area contributed by atoms with E-state index in [1.807, 2.05) is 0 Å². The third kappa shape index (κ3) is 10.8. The standard InChI is InChI=1S/C26H36F3N4O4P.CH3F/c1-37-17-16-33(14-3-2-7-19-10-9-18-6-4-13-31-24(18)38-19)15-11-21(25(35)36)32-23(34)22-20(26(27,28)29)8-5-12-30-22;1-2/h5,8-10,12,19,21,31,38H,2-4,6-7,11,13-17H2,1H3,(H,32,34)(H,35,36);1H3. The molecule has 13 heteroatoms. The number of aromatic nitrogens is 1. The van der Waals surface area contributed by atoms with Crippen LogP contribution < -0.4 is 10.6 Å². The molecule has 0 spiro atoms. The van der Waals surface area contributed by atoms with Gasteiger partial charge in [0.15, 0.2) is 0 Å². The second kappa shape index (κ2) is 17.3. The van der Waals surface area contributed by atoms with Crippen LogP contribution in [0.25, 0.3) is 0 Å². The molecule has 0 saturated carbocycles. The number of rotatable bonds is 14. The predicted octanol–water partition coefficient (Wildman–Crippen LogP) is 4.59. The molecular formula is C27H39F4N4O4P. The van der Waals surface area contributed by atoms with Crippen LogP contribution in [0.5, 0.6) is 0 Å². The first kappa shape index (κ1) is 33.6. The summed E-state index contributed by atoms with van der Waals surface area (Å²) >= 11 is 0. The lowest BCUT2D eigenvalue weighted by molar-refractivity contribution is -0.139. The molecule has 3 N–H and O–H groups in total. The van der Waals surface area contributed by atoms with Gasteiger partial charge in [0.25, 0.3) is 5.91 Å². The Morgan fingerprint density at radius 3 is 2.75 bits per heavy atom. The van der Waals surface area contributed by atoms with Gasteiger partial charge in [0, 0.05) is 44.0 Å². The third-order valence-electron chi connectivity index (χ3n) is 6.62. The minimum atomic E-state index is -4.78. The molecule has 1 amide bonds. The van der Waals surface area contributed by atoms with E-state index in [4.69, 9.17) is 4.74 Å². The smallest absolute Gasteiger partial charge is 0.418 e. The number of halogens is 4. The number of amides is 1. The number of unbranched alkanes of at least 4 members (excludes halogenated alkanes) is 1. The molecule has 2 aliphatic rings. The highest BCUT2D eigenvalue weighted by Gasteiger charge is 2.36. The highest BCUT2D eigenvalue weighted by Crippen LogP contribution is 2.40. The average Bonchev–Trinajstić information content (AvgIpc) is 2.95. The monoisotopic (exact) mass is 590 g/mol. The molecule has 3 heterocycles. The molecule has 8 nitrogen and oxygen atoms in total. The SMILES string of the molecule is CF.COCCN(CCCCC1C=CC2=C(NCCC2)P1)CCC(NC(=O)c1ncccc1C(F)(F)F)C(=O)O. The second-order valence-electron chi connectivity index (χ2n) is 9.42. The van der Waals surface area contributed by atoms with Crippen molar-refractivity contribution in [3.05, 3.63) is 52.8 Å². The van der Waals surface area contributed by atoms with Crippen LogP contribution in [0.1, 0.15) is 54.6 Å². The molecule has 0 fully saturated rings. The van der Waals surface area contributed by atoms with Crippen LogP contribution in [-0.2, 0) is 15.7 Å². The van der Waals surface area contributed by atoms with Crippen molar-refractivity contribution >= 4 is 20.5 Å². The summed E-state index contributed by atoms with van der Waals surface area (Å²) in [6.07, 6.45) is 6.25. The van der Waals surface area contributed by atoms with Gasteiger partial charge in [-0.3, -0.25) is 14.2 Å². The van der Waals surface area contributed by atoms with Gasteiger partial charge in [0.1, 0.15) is 11.7 Å².